The summed E-state index contributed by atoms with van der Waals surface area (Å²) in [4.78, 5) is 14.9. The summed E-state index contributed by atoms with van der Waals surface area (Å²) < 4.78 is 23.2. The van der Waals surface area contributed by atoms with E-state index in [4.69, 9.17) is 10.8 Å². The maximum atomic E-state index is 11.2. The van der Waals surface area contributed by atoms with Crippen LogP contribution in [0.15, 0.2) is 6.20 Å². The van der Waals surface area contributed by atoms with Crippen LogP contribution >= 0.6 is 11.3 Å². The van der Waals surface area contributed by atoms with Gasteiger partial charge in [0.25, 0.3) is 0 Å². The minimum Gasteiger partial charge on any atom is -0.755 e. The zero-order valence-corrected chi connectivity index (χ0v) is 10.9. The number of carboxylic acid groups (broad SMARTS) is 1. The molecule has 0 saturated carbocycles. The van der Waals surface area contributed by atoms with Crippen molar-refractivity contribution in [2.45, 2.75) is 25.8 Å². The zero-order chi connectivity index (χ0) is 13.2. The Labute approximate surface area is 105 Å². The molecule has 7 nitrogen and oxygen atoms in total. The minimum absolute atomic E-state index is 0.119. The van der Waals surface area contributed by atoms with E-state index >= 15 is 0 Å². The van der Waals surface area contributed by atoms with Crippen LogP contribution in [0.25, 0.3) is 0 Å². The quantitative estimate of drug-likeness (QED) is 0.760. The summed E-state index contributed by atoms with van der Waals surface area (Å²) in [5.74, 6) is -1.23. The molecule has 0 aliphatic carbocycles. The van der Waals surface area contributed by atoms with Gasteiger partial charge >= 0.3 is 5.97 Å². The molecule has 0 aromatic carbocycles. The molecule has 1 heterocycles. The molecule has 0 aliphatic rings. The van der Waals surface area contributed by atoms with E-state index in [1.807, 2.05) is 0 Å². The van der Waals surface area contributed by atoms with Crippen LogP contribution in [-0.4, -0.2) is 30.4 Å². The van der Waals surface area contributed by atoms with Gasteiger partial charge in [-0.1, -0.05) is 18.3 Å². The molecular weight excluding hydrogens is 266 g/mol. The standard InChI is InChI=1S/C8H13N3O4S2/c1-3-8(2,6(12)13)11(17(14)15)5-4-10-7(9)16-5/h4H,3H2,1-2H3,(H2,9,10)(H,12,13)(H,14,15)/p-1. The van der Waals surface area contributed by atoms with Gasteiger partial charge in [0.15, 0.2) is 5.13 Å². The molecule has 96 valence electrons. The summed E-state index contributed by atoms with van der Waals surface area (Å²) in [6, 6.07) is 0. The Kier molecular flexibility index (Phi) is 4.07. The number of aliphatic carboxylic acids is 1. The third-order valence-corrected chi connectivity index (χ3v) is 4.28. The van der Waals surface area contributed by atoms with Crippen molar-refractivity contribution in [3.8, 4) is 0 Å². The van der Waals surface area contributed by atoms with Gasteiger partial charge in [-0.3, -0.25) is 8.51 Å². The number of aromatic nitrogens is 1. The summed E-state index contributed by atoms with van der Waals surface area (Å²) in [6.45, 7) is 2.93. The van der Waals surface area contributed by atoms with Crippen LogP contribution in [-0.2, 0) is 16.1 Å². The lowest BCUT2D eigenvalue weighted by Crippen LogP contribution is -2.52. The smallest absolute Gasteiger partial charge is 0.330 e. The molecule has 0 bridgehead atoms. The van der Waals surface area contributed by atoms with E-state index in [1.165, 1.54) is 13.1 Å². The third kappa shape index (κ3) is 2.56. The molecule has 3 N–H and O–H groups in total. The third-order valence-electron chi connectivity index (χ3n) is 2.46. The van der Waals surface area contributed by atoms with E-state index < -0.39 is 22.8 Å². The van der Waals surface area contributed by atoms with Crippen molar-refractivity contribution >= 4 is 38.7 Å². The lowest BCUT2D eigenvalue weighted by molar-refractivity contribution is -0.142. The molecule has 1 rings (SSSR count). The number of nitrogen functional groups attached to an aromatic ring is 1. The van der Waals surface area contributed by atoms with Crippen LogP contribution in [0.5, 0.6) is 0 Å². The van der Waals surface area contributed by atoms with Crippen LogP contribution < -0.4 is 10.0 Å². The highest BCUT2D eigenvalue weighted by Crippen LogP contribution is 2.33. The summed E-state index contributed by atoms with van der Waals surface area (Å²) >= 11 is -1.79. The predicted molar refractivity (Wildman–Crippen MR) is 64.3 cm³/mol. The number of thiazole rings is 1. The van der Waals surface area contributed by atoms with Crippen molar-refractivity contribution in [3.05, 3.63) is 6.20 Å². The summed E-state index contributed by atoms with van der Waals surface area (Å²) in [5.41, 5.74) is 3.86. The molecule has 0 spiro atoms. The maximum absolute atomic E-state index is 11.2. The molecule has 0 radical (unpaired) electrons. The molecule has 1 aromatic rings. The molecule has 0 fully saturated rings. The minimum atomic E-state index is -2.71. The van der Waals surface area contributed by atoms with Crippen LogP contribution in [0.1, 0.15) is 20.3 Å². The van der Waals surface area contributed by atoms with Gasteiger partial charge in [0.2, 0.25) is 0 Å². The molecule has 0 saturated heterocycles. The van der Waals surface area contributed by atoms with E-state index in [0.29, 0.717) is 0 Å². The zero-order valence-electron chi connectivity index (χ0n) is 9.24. The lowest BCUT2D eigenvalue weighted by atomic mass is 10.00. The van der Waals surface area contributed by atoms with Crippen LogP contribution in [0, 0.1) is 0 Å². The number of hydrogen-bond donors (Lipinski definition) is 2. The van der Waals surface area contributed by atoms with Crippen LogP contribution in [0.4, 0.5) is 10.1 Å². The Morgan fingerprint density at radius 1 is 1.82 bits per heavy atom. The van der Waals surface area contributed by atoms with E-state index in [2.05, 4.69) is 4.98 Å². The second kappa shape index (κ2) is 4.98. The average molecular weight is 278 g/mol. The Bertz CT molecular complexity index is 450. The first-order chi connectivity index (χ1) is 7.82. The van der Waals surface area contributed by atoms with Gasteiger partial charge in [0, 0.05) is 11.3 Å². The first kappa shape index (κ1) is 13.9. The fourth-order valence-corrected chi connectivity index (χ4v) is 2.97. The Hall–Kier alpha value is -1.19. The summed E-state index contributed by atoms with van der Waals surface area (Å²) in [7, 11) is 0. The number of rotatable bonds is 5. The lowest BCUT2D eigenvalue weighted by Gasteiger charge is -2.38. The molecular formula is C8H12N3O4S2-. The second-order valence-corrected chi connectivity index (χ2v) is 5.32. The number of carboxylic acids is 1. The van der Waals surface area contributed by atoms with Crippen molar-refractivity contribution in [1.82, 2.24) is 4.98 Å². The van der Waals surface area contributed by atoms with Gasteiger partial charge in [0.1, 0.15) is 10.5 Å². The van der Waals surface area contributed by atoms with Crippen molar-refractivity contribution in [2.24, 2.45) is 0 Å². The maximum Gasteiger partial charge on any atom is 0.330 e. The molecule has 2 unspecified atom stereocenters. The van der Waals surface area contributed by atoms with Gasteiger partial charge in [-0.2, -0.15) is 0 Å². The van der Waals surface area contributed by atoms with E-state index in [-0.39, 0.29) is 16.6 Å². The molecule has 0 aliphatic heterocycles. The van der Waals surface area contributed by atoms with Crippen LogP contribution in [0.2, 0.25) is 0 Å². The van der Waals surface area contributed by atoms with E-state index in [0.717, 1.165) is 15.6 Å². The van der Waals surface area contributed by atoms with Crippen molar-refractivity contribution in [1.29, 1.82) is 0 Å². The molecule has 2 atom stereocenters. The van der Waals surface area contributed by atoms with Gasteiger partial charge in [-0.15, -0.1) is 0 Å². The van der Waals surface area contributed by atoms with Crippen molar-refractivity contribution in [3.63, 3.8) is 0 Å². The second-order valence-electron chi connectivity index (χ2n) is 3.48. The number of carbonyl (C=O) groups is 1. The Morgan fingerprint density at radius 2 is 2.41 bits per heavy atom. The highest BCUT2D eigenvalue weighted by molar-refractivity contribution is 7.81. The van der Waals surface area contributed by atoms with Gasteiger partial charge in [-0.05, 0) is 13.3 Å². The highest BCUT2D eigenvalue weighted by Gasteiger charge is 2.40. The number of nitrogens with two attached hydrogens (primary N) is 1. The van der Waals surface area contributed by atoms with Crippen molar-refractivity contribution in [2.75, 3.05) is 10.0 Å². The number of anilines is 2. The Balaban J connectivity index is 3.26. The molecule has 9 heteroatoms. The largest absolute Gasteiger partial charge is 0.755 e. The average Bonchev–Trinajstić information content (AvgIpc) is 2.63. The fraction of sp³-hybridized carbons (Fsp3) is 0.500. The summed E-state index contributed by atoms with van der Waals surface area (Å²) in [6.07, 6.45) is 1.36. The van der Waals surface area contributed by atoms with Gasteiger partial charge in [0.05, 0.1) is 6.20 Å². The first-order valence-electron chi connectivity index (χ1n) is 4.67. The summed E-state index contributed by atoms with van der Waals surface area (Å²) in [5, 5.41) is 9.52. The highest BCUT2D eigenvalue weighted by atomic mass is 32.2. The fourth-order valence-electron chi connectivity index (χ4n) is 1.24. The number of hydrogen-bond acceptors (Lipinski definition) is 6. The molecule has 17 heavy (non-hydrogen) atoms. The van der Waals surface area contributed by atoms with E-state index in [9.17, 15) is 13.6 Å². The van der Waals surface area contributed by atoms with Crippen molar-refractivity contribution < 1.29 is 18.7 Å². The van der Waals surface area contributed by atoms with E-state index in [1.54, 1.807) is 6.92 Å². The SMILES string of the molecule is CCC(C)(C(=O)O)N(c1cnc(N)s1)S(=O)[O-]. The number of nitrogens with zero attached hydrogens (tertiary/aromatic N) is 2. The normalized spacial score (nSPS) is 16.2. The monoisotopic (exact) mass is 278 g/mol. The molecule has 0 amide bonds. The topological polar surface area (TPSA) is 120 Å². The Morgan fingerprint density at radius 3 is 2.71 bits per heavy atom. The van der Waals surface area contributed by atoms with Gasteiger partial charge < -0.3 is 15.4 Å². The predicted octanol–water partition coefficient (Wildman–Crippen LogP) is 0.579. The van der Waals surface area contributed by atoms with Gasteiger partial charge in [-0.25, -0.2) is 9.78 Å². The molecule has 1 aromatic heterocycles. The van der Waals surface area contributed by atoms with Crippen LogP contribution in [0.3, 0.4) is 0 Å². The first-order valence-corrected chi connectivity index (χ1v) is 6.52.